The molecule has 5 nitrogen and oxygen atoms in total. The van der Waals surface area contributed by atoms with Crippen LogP contribution in [0.1, 0.15) is 33.6 Å². The average Bonchev–Trinajstić information content (AvgIpc) is 2.72. The maximum atomic E-state index is 11.8. The lowest BCUT2D eigenvalue weighted by Gasteiger charge is -2.29. The molecular weight excluding hydrogens is 218 g/mol. The van der Waals surface area contributed by atoms with Gasteiger partial charge in [0.15, 0.2) is 0 Å². The molecule has 1 saturated heterocycles. The molecule has 0 saturated carbocycles. The molecule has 2 heterocycles. The Bertz CT molecular complexity index is 341. The number of hydrogen-bond donors (Lipinski definition) is 1. The summed E-state index contributed by atoms with van der Waals surface area (Å²) in [6.07, 6.45) is 2.24. The molecule has 3 atom stereocenters. The summed E-state index contributed by atoms with van der Waals surface area (Å²) >= 11 is 0. The van der Waals surface area contributed by atoms with Crippen LogP contribution >= 0.6 is 0 Å². The number of nitrogens with zero attached hydrogens (tertiary/aromatic N) is 2. The number of hydrogen-bond acceptors (Lipinski definition) is 3. The minimum Gasteiger partial charge on any atom is -0.385 e. The topological polar surface area (TPSA) is 67.9 Å². The highest BCUT2D eigenvalue weighted by molar-refractivity contribution is 6.03. The maximum absolute atomic E-state index is 11.8. The predicted molar refractivity (Wildman–Crippen MR) is 65.9 cm³/mol. The van der Waals surface area contributed by atoms with E-state index in [1.165, 1.54) is 0 Å². The Morgan fingerprint density at radius 1 is 1.53 bits per heavy atom. The van der Waals surface area contributed by atoms with Crippen LogP contribution in [0, 0.1) is 5.92 Å². The van der Waals surface area contributed by atoms with Crippen LogP contribution in [0.15, 0.2) is 4.99 Å². The molecule has 2 rings (SSSR count). The summed E-state index contributed by atoms with van der Waals surface area (Å²) in [7, 11) is 0. The fourth-order valence-electron chi connectivity index (χ4n) is 2.56. The smallest absolute Gasteiger partial charge is 0.346 e. The molecular formula is C12H21N3O2. The number of amides is 2. The van der Waals surface area contributed by atoms with E-state index in [1.807, 2.05) is 0 Å². The fraction of sp³-hybridized carbons (Fsp3) is 0.833. The first-order valence-electron chi connectivity index (χ1n) is 6.29. The van der Waals surface area contributed by atoms with Gasteiger partial charge < -0.3 is 15.4 Å². The number of nitrogens with two attached hydrogens (primary N) is 1. The van der Waals surface area contributed by atoms with E-state index in [0.29, 0.717) is 18.3 Å². The molecule has 2 amide bonds. The van der Waals surface area contributed by atoms with Crippen molar-refractivity contribution in [2.24, 2.45) is 16.6 Å². The van der Waals surface area contributed by atoms with Gasteiger partial charge in [-0.1, -0.05) is 13.8 Å². The van der Waals surface area contributed by atoms with Gasteiger partial charge in [0, 0.05) is 6.54 Å². The Labute approximate surface area is 102 Å². The summed E-state index contributed by atoms with van der Waals surface area (Å²) in [4.78, 5) is 17.4. The molecule has 0 aromatic carbocycles. The van der Waals surface area contributed by atoms with Gasteiger partial charge in [-0.3, -0.25) is 0 Å². The highest BCUT2D eigenvalue weighted by atomic mass is 16.5. The van der Waals surface area contributed by atoms with Crippen molar-refractivity contribution < 1.29 is 9.53 Å². The zero-order valence-electron chi connectivity index (χ0n) is 10.7. The maximum Gasteiger partial charge on any atom is 0.346 e. The van der Waals surface area contributed by atoms with E-state index < -0.39 is 0 Å². The van der Waals surface area contributed by atoms with E-state index in [-0.39, 0.29) is 24.3 Å². The number of amidine groups is 1. The molecule has 17 heavy (non-hydrogen) atoms. The molecule has 0 aromatic heterocycles. The fourth-order valence-corrected chi connectivity index (χ4v) is 2.56. The first-order chi connectivity index (χ1) is 7.99. The molecule has 2 N–H and O–H groups in total. The van der Waals surface area contributed by atoms with Crippen molar-refractivity contribution in [2.75, 3.05) is 6.54 Å². The third-order valence-corrected chi connectivity index (χ3v) is 3.29. The second-order valence-corrected chi connectivity index (χ2v) is 5.37. The van der Waals surface area contributed by atoms with Crippen LogP contribution in [0.4, 0.5) is 4.79 Å². The van der Waals surface area contributed by atoms with E-state index in [9.17, 15) is 4.79 Å². The molecule has 2 aliphatic heterocycles. The number of rotatable bonds is 3. The number of ether oxygens (including phenoxy) is 1. The monoisotopic (exact) mass is 239 g/mol. The van der Waals surface area contributed by atoms with Crippen molar-refractivity contribution in [3.05, 3.63) is 0 Å². The number of urea groups is 1. The van der Waals surface area contributed by atoms with Crippen LogP contribution in [-0.4, -0.2) is 41.6 Å². The molecule has 2 aliphatic rings. The van der Waals surface area contributed by atoms with E-state index >= 15 is 0 Å². The van der Waals surface area contributed by atoms with Crippen molar-refractivity contribution in [3.8, 4) is 0 Å². The molecule has 0 radical (unpaired) electrons. The second kappa shape index (κ2) is 4.64. The van der Waals surface area contributed by atoms with Gasteiger partial charge in [-0.25, -0.2) is 4.79 Å². The van der Waals surface area contributed by atoms with Crippen LogP contribution in [0.2, 0.25) is 0 Å². The Kier molecular flexibility index (Phi) is 3.38. The highest BCUT2D eigenvalue weighted by Crippen LogP contribution is 2.28. The van der Waals surface area contributed by atoms with E-state index in [2.05, 4.69) is 25.8 Å². The zero-order valence-corrected chi connectivity index (χ0v) is 10.7. The van der Waals surface area contributed by atoms with Gasteiger partial charge in [0.05, 0.1) is 12.2 Å². The van der Waals surface area contributed by atoms with E-state index in [1.54, 1.807) is 4.90 Å². The molecule has 0 aromatic rings. The molecule has 0 spiro atoms. The highest BCUT2D eigenvalue weighted by Gasteiger charge is 2.42. The summed E-state index contributed by atoms with van der Waals surface area (Å²) in [6.45, 7) is 6.90. The summed E-state index contributed by atoms with van der Waals surface area (Å²) in [5, 5.41) is 0. The predicted octanol–water partition coefficient (Wildman–Crippen LogP) is 1.37. The lowest BCUT2D eigenvalue weighted by atomic mass is 10.0. The third kappa shape index (κ3) is 2.44. The summed E-state index contributed by atoms with van der Waals surface area (Å²) < 4.78 is 5.82. The molecule has 3 unspecified atom stereocenters. The van der Waals surface area contributed by atoms with Crippen molar-refractivity contribution >= 4 is 11.9 Å². The average molecular weight is 239 g/mol. The number of aliphatic imine (C=N–C) groups is 1. The van der Waals surface area contributed by atoms with Crippen molar-refractivity contribution in [2.45, 2.75) is 51.9 Å². The zero-order chi connectivity index (χ0) is 12.6. The van der Waals surface area contributed by atoms with Crippen LogP contribution in [0.25, 0.3) is 0 Å². The molecule has 0 bridgehead atoms. The normalized spacial score (nSPS) is 33.6. The van der Waals surface area contributed by atoms with Gasteiger partial charge in [-0.15, -0.1) is 0 Å². The summed E-state index contributed by atoms with van der Waals surface area (Å²) in [6, 6.07) is -0.376. The van der Waals surface area contributed by atoms with Crippen LogP contribution < -0.4 is 5.73 Å². The van der Waals surface area contributed by atoms with Gasteiger partial charge in [0.1, 0.15) is 11.9 Å². The minimum absolute atomic E-state index is 0.0129. The Hall–Kier alpha value is -1.10. The van der Waals surface area contributed by atoms with Gasteiger partial charge in [-0.05, 0) is 25.7 Å². The molecule has 0 aliphatic carbocycles. The van der Waals surface area contributed by atoms with E-state index in [0.717, 1.165) is 12.8 Å². The first kappa shape index (κ1) is 12.4. The van der Waals surface area contributed by atoms with Crippen molar-refractivity contribution in [1.82, 2.24) is 4.90 Å². The second-order valence-electron chi connectivity index (χ2n) is 5.37. The molecule has 1 fully saturated rings. The van der Waals surface area contributed by atoms with Crippen molar-refractivity contribution in [1.29, 1.82) is 0 Å². The SMILES string of the molecule is CC(C)CN1C(=O)N=C(N)C1C1CCC(C)O1. The number of carbonyl (C=O) groups excluding carboxylic acids is 1. The molecule has 96 valence electrons. The third-order valence-electron chi connectivity index (χ3n) is 3.29. The van der Waals surface area contributed by atoms with Gasteiger partial charge in [-0.2, -0.15) is 4.99 Å². The van der Waals surface area contributed by atoms with Crippen molar-refractivity contribution in [3.63, 3.8) is 0 Å². The van der Waals surface area contributed by atoms with Gasteiger partial charge in [0.2, 0.25) is 0 Å². The van der Waals surface area contributed by atoms with Crippen LogP contribution in [0.5, 0.6) is 0 Å². The number of carbonyl (C=O) groups is 1. The molecule has 5 heteroatoms. The largest absolute Gasteiger partial charge is 0.385 e. The van der Waals surface area contributed by atoms with Crippen LogP contribution in [0.3, 0.4) is 0 Å². The van der Waals surface area contributed by atoms with E-state index in [4.69, 9.17) is 10.5 Å². The summed E-state index contributed by atoms with van der Waals surface area (Å²) in [5.74, 6) is 0.816. The Morgan fingerprint density at radius 2 is 2.24 bits per heavy atom. The minimum atomic E-state index is -0.218. The Morgan fingerprint density at radius 3 is 2.76 bits per heavy atom. The lowest BCUT2D eigenvalue weighted by Crippen LogP contribution is -2.49. The summed E-state index contributed by atoms with van der Waals surface area (Å²) in [5.41, 5.74) is 5.87. The first-order valence-corrected chi connectivity index (χ1v) is 6.29. The quantitative estimate of drug-likeness (QED) is 0.808. The standard InChI is InChI=1S/C12H21N3O2/c1-7(2)6-15-10(11(13)14-12(15)16)9-5-4-8(3)17-9/h7-10H,4-6H2,1-3H3,(H2,13,14,16). The lowest BCUT2D eigenvalue weighted by molar-refractivity contribution is 0.0244. The van der Waals surface area contributed by atoms with Gasteiger partial charge in [0.25, 0.3) is 0 Å². The van der Waals surface area contributed by atoms with Gasteiger partial charge >= 0.3 is 6.03 Å². The Balaban J connectivity index is 2.12. The van der Waals surface area contributed by atoms with Crippen LogP contribution in [-0.2, 0) is 4.74 Å².